The van der Waals surface area contributed by atoms with E-state index in [0.717, 1.165) is 22.5 Å². The third-order valence-electron chi connectivity index (χ3n) is 4.52. The lowest BCUT2D eigenvalue weighted by molar-refractivity contribution is -0.122. The van der Waals surface area contributed by atoms with Gasteiger partial charge in [0.2, 0.25) is 11.8 Å². The molecule has 0 aromatic heterocycles. The Morgan fingerprint density at radius 2 is 1.96 bits per heavy atom. The molecule has 1 atom stereocenters. The Labute approximate surface area is 147 Å². The summed E-state index contributed by atoms with van der Waals surface area (Å²) in [6, 6.07) is 13.3. The summed E-state index contributed by atoms with van der Waals surface area (Å²) in [5, 5.41) is 2.94. The van der Waals surface area contributed by atoms with Gasteiger partial charge in [-0.2, -0.15) is 0 Å². The molecule has 5 nitrogen and oxygen atoms in total. The maximum atomic E-state index is 12.6. The molecule has 2 aromatic rings. The maximum Gasteiger partial charge on any atom is 0.229 e. The number of rotatable bonds is 4. The molecule has 1 fully saturated rings. The van der Waals surface area contributed by atoms with Crippen LogP contribution >= 0.6 is 0 Å². The molecule has 1 N–H and O–H groups in total. The second-order valence-electron chi connectivity index (χ2n) is 6.38. The Morgan fingerprint density at radius 3 is 2.68 bits per heavy atom. The third kappa shape index (κ3) is 3.50. The highest BCUT2D eigenvalue weighted by molar-refractivity contribution is 6.04. The molecule has 0 bridgehead atoms. The van der Waals surface area contributed by atoms with Crippen molar-refractivity contribution in [3.63, 3.8) is 0 Å². The largest absolute Gasteiger partial charge is 0.495 e. The molecule has 25 heavy (non-hydrogen) atoms. The summed E-state index contributed by atoms with van der Waals surface area (Å²) < 4.78 is 5.37. The number of hydrogen-bond donors (Lipinski definition) is 1. The molecule has 0 radical (unpaired) electrons. The number of methoxy groups -OCH3 is 1. The van der Waals surface area contributed by atoms with Gasteiger partial charge in [-0.1, -0.05) is 24.3 Å². The summed E-state index contributed by atoms with van der Waals surface area (Å²) in [5.74, 6) is 0.0711. The first-order valence-corrected chi connectivity index (χ1v) is 8.31. The summed E-state index contributed by atoms with van der Waals surface area (Å²) in [5.41, 5.74) is 3.54. The van der Waals surface area contributed by atoms with E-state index >= 15 is 0 Å². The van der Waals surface area contributed by atoms with Crippen LogP contribution in [0.3, 0.4) is 0 Å². The smallest absolute Gasteiger partial charge is 0.229 e. The van der Waals surface area contributed by atoms with Gasteiger partial charge in [0.05, 0.1) is 18.7 Å². The van der Waals surface area contributed by atoms with Gasteiger partial charge in [0.1, 0.15) is 5.75 Å². The second-order valence-corrected chi connectivity index (χ2v) is 6.38. The standard InChI is InChI=1S/C20H22N2O3/c1-13-8-9-18(25-3)17(10-13)22-12-15(11-19(22)23)20(24)21-16-7-5-4-6-14(16)2/h4-10,15H,11-12H2,1-3H3,(H,21,24). The fourth-order valence-corrected chi connectivity index (χ4v) is 3.07. The minimum atomic E-state index is -0.377. The SMILES string of the molecule is COc1ccc(C)cc1N1CC(C(=O)Nc2ccccc2C)CC1=O. The number of hydrogen-bond acceptors (Lipinski definition) is 3. The van der Waals surface area contributed by atoms with E-state index < -0.39 is 0 Å². The lowest BCUT2D eigenvalue weighted by Crippen LogP contribution is -2.28. The van der Waals surface area contributed by atoms with Crippen LogP contribution in [0.4, 0.5) is 11.4 Å². The maximum absolute atomic E-state index is 12.6. The van der Waals surface area contributed by atoms with Gasteiger partial charge < -0.3 is 15.0 Å². The number of aryl methyl sites for hydroxylation is 2. The Morgan fingerprint density at radius 1 is 1.20 bits per heavy atom. The summed E-state index contributed by atoms with van der Waals surface area (Å²) in [7, 11) is 1.58. The molecule has 5 heteroatoms. The second kappa shape index (κ2) is 6.97. The Bertz CT molecular complexity index is 816. The average molecular weight is 338 g/mol. The highest BCUT2D eigenvalue weighted by Crippen LogP contribution is 2.34. The average Bonchev–Trinajstić information content (AvgIpc) is 2.98. The van der Waals surface area contributed by atoms with E-state index in [1.807, 2.05) is 56.3 Å². The van der Waals surface area contributed by atoms with Gasteiger partial charge in [-0.25, -0.2) is 0 Å². The molecule has 1 aliphatic heterocycles. The first kappa shape index (κ1) is 17.0. The molecule has 1 aliphatic rings. The van der Waals surface area contributed by atoms with E-state index in [9.17, 15) is 9.59 Å². The van der Waals surface area contributed by atoms with Crippen LogP contribution < -0.4 is 15.0 Å². The summed E-state index contributed by atoms with van der Waals surface area (Å²) in [4.78, 5) is 26.7. The fourth-order valence-electron chi connectivity index (χ4n) is 3.07. The molecule has 3 rings (SSSR count). The highest BCUT2D eigenvalue weighted by Gasteiger charge is 2.36. The van der Waals surface area contributed by atoms with E-state index in [-0.39, 0.29) is 24.2 Å². The van der Waals surface area contributed by atoms with E-state index in [1.54, 1.807) is 12.0 Å². The van der Waals surface area contributed by atoms with Gasteiger partial charge in [0.15, 0.2) is 0 Å². The van der Waals surface area contributed by atoms with Crippen LogP contribution in [0.1, 0.15) is 17.5 Å². The van der Waals surface area contributed by atoms with Crippen molar-refractivity contribution in [2.24, 2.45) is 5.92 Å². The molecule has 2 amide bonds. The van der Waals surface area contributed by atoms with Gasteiger partial charge in [0, 0.05) is 18.7 Å². The number of ether oxygens (including phenoxy) is 1. The van der Waals surface area contributed by atoms with Crippen LogP contribution in [0.5, 0.6) is 5.75 Å². The summed E-state index contributed by atoms with van der Waals surface area (Å²) in [6.45, 7) is 4.27. The number of nitrogens with zero attached hydrogens (tertiary/aromatic N) is 1. The van der Waals surface area contributed by atoms with Crippen LogP contribution in [0.2, 0.25) is 0 Å². The zero-order valence-corrected chi connectivity index (χ0v) is 14.7. The third-order valence-corrected chi connectivity index (χ3v) is 4.52. The predicted octanol–water partition coefficient (Wildman–Crippen LogP) is 3.30. The van der Waals surface area contributed by atoms with Crippen molar-refractivity contribution >= 4 is 23.2 Å². The number of para-hydroxylation sites is 1. The molecular weight excluding hydrogens is 316 g/mol. The quantitative estimate of drug-likeness (QED) is 0.930. The van der Waals surface area contributed by atoms with Crippen molar-refractivity contribution in [2.75, 3.05) is 23.9 Å². The monoisotopic (exact) mass is 338 g/mol. The molecular formula is C20H22N2O3. The highest BCUT2D eigenvalue weighted by atomic mass is 16.5. The van der Waals surface area contributed by atoms with Crippen molar-refractivity contribution in [3.05, 3.63) is 53.6 Å². The van der Waals surface area contributed by atoms with Crippen LogP contribution in [0.15, 0.2) is 42.5 Å². The van der Waals surface area contributed by atoms with Gasteiger partial charge in [-0.3, -0.25) is 9.59 Å². The zero-order chi connectivity index (χ0) is 18.0. The first-order chi connectivity index (χ1) is 12.0. The predicted molar refractivity (Wildman–Crippen MR) is 98.0 cm³/mol. The zero-order valence-electron chi connectivity index (χ0n) is 14.7. The van der Waals surface area contributed by atoms with Gasteiger partial charge in [-0.05, 0) is 43.2 Å². The molecule has 130 valence electrons. The molecule has 0 spiro atoms. The fraction of sp³-hybridized carbons (Fsp3) is 0.300. The van der Waals surface area contributed by atoms with Gasteiger partial charge >= 0.3 is 0 Å². The number of carbonyl (C=O) groups excluding carboxylic acids is 2. The first-order valence-electron chi connectivity index (χ1n) is 8.31. The van der Waals surface area contributed by atoms with E-state index in [4.69, 9.17) is 4.74 Å². The minimum absolute atomic E-state index is 0.0613. The van der Waals surface area contributed by atoms with Crippen molar-refractivity contribution in [1.29, 1.82) is 0 Å². The number of amides is 2. The Kier molecular flexibility index (Phi) is 4.74. The molecule has 1 saturated heterocycles. The number of benzene rings is 2. The molecule has 0 saturated carbocycles. The van der Waals surface area contributed by atoms with Crippen molar-refractivity contribution in [3.8, 4) is 5.75 Å². The van der Waals surface area contributed by atoms with Crippen molar-refractivity contribution in [2.45, 2.75) is 20.3 Å². The number of nitrogens with one attached hydrogen (secondary N) is 1. The summed E-state index contributed by atoms with van der Waals surface area (Å²) >= 11 is 0. The van der Waals surface area contributed by atoms with Crippen LogP contribution in [-0.4, -0.2) is 25.5 Å². The van der Waals surface area contributed by atoms with Crippen molar-refractivity contribution in [1.82, 2.24) is 0 Å². The van der Waals surface area contributed by atoms with E-state index in [0.29, 0.717) is 12.3 Å². The number of anilines is 2. The minimum Gasteiger partial charge on any atom is -0.495 e. The lowest BCUT2D eigenvalue weighted by Gasteiger charge is -2.20. The number of carbonyl (C=O) groups is 2. The van der Waals surface area contributed by atoms with Gasteiger partial charge in [0.25, 0.3) is 0 Å². The summed E-state index contributed by atoms with van der Waals surface area (Å²) in [6.07, 6.45) is 0.203. The topological polar surface area (TPSA) is 58.6 Å². The Balaban J connectivity index is 1.78. The molecule has 2 aromatic carbocycles. The van der Waals surface area contributed by atoms with E-state index in [2.05, 4.69) is 5.32 Å². The molecule has 0 aliphatic carbocycles. The van der Waals surface area contributed by atoms with Crippen LogP contribution in [-0.2, 0) is 9.59 Å². The van der Waals surface area contributed by atoms with Crippen LogP contribution in [0.25, 0.3) is 0 Å². The van der Waals surface area contributed by atoms with Gasteiger partial charge in [-0.15, -0.1) is 0 Å². The normalized spacial score (nSPS) is 16.8. The van der Waals surface area contributed by atoms with E-state index in [1.165, 1.54) is 0 Å². The molecule has 1 heterocycles. The molecule has 1 unspecified atom stereocenters. The Hall–Kier alpha value is -2.82. The van der Waals surface area contributed by atoms with Crippen molar-refractivity contribution < 1.29 is 14.3 Å². The lowest BCUT2D eigenvalue weighted by atomic mass is 10.1. The van der Waals surface area contributed by atoms with Crippen LogP contribution in [0, 0.1) is 19.8 Å².